The monoisotopic (exact) mass is 357 g/mol. The van der Waals surface area contributed by atoms with E-state index >= 15 is 0 Å². The molecule has 1 aromatic carbocycles. The van der Waals surface area contributed by atoms with Crippen LogP contribution in [0.1, 0.15) is 48.9 Å². The number of fused-ring (bicyclic) bond motifs is 1. The highest BCUT2D eigenvalue weighted by Gasteiger charge is 2.36. The Morgan fingerprint density at radius 2 is 1.67 bits per heavy atom. The van der Waals surface area contributed by atoms with E-state index in [-0.39, 0.29) is 11.9 Å². The maximum atomic E-state index is 12.8. The summed E-state index contributed by atoms with van der Waals surface area (Å²) in [5, 5.41) is 0. The zero-order valence-electron chi connectivity index (χ0n) is 13.3. The molecule has 24 heavy (non-hydrogen) atoms. The van der Waals surface area contributed by atoms with Crippen molar-refractivity contribution in [2.24, 2.45) is 5.92 Å². The number of likely N-dealkylation sites (tertiary alicyclic amines) is 1. The molecule has 1 saturated heterocycles. The molecule has 0 spiro atoms. The lowest BCUT2D eigenvalue weighted by Gasteiger charge is -2.44. The van der Waals surface area contributed by atoms with Crippen LogP contribution in [0.2, 0.25) is 0 Å². The summed E-state index contributed by atoms with van der Waals surface area (Å²) in [4.78, 5) is 14.2. The number of carbonyl (C=O) groups excluding carboxylic acids is 1. The van der Waals surface area contributed by atoms with Crippen molar-refractivity contribution in [3.63, 3.8) is 0 Å². The average molecular weight is 357 g/mol. The molecule has 1 heterocycles. The highest BCUT2D eigenvalue weighted by atomic mass is 32.2. The van der Waals surface area contributed by atoms with Crippen molar-refractivity contribution in [3.8, 4) is 0 Å². The molecule has 0 aromatic heterocycles. The van der Waals surface area contributed by atoms with Gasteiger partial charge in [-0.15, -0.1) is 0 Å². The van der Waals surface area contributed by atoms with E-state index in [1.807, 2.05) is 4.90 Å². The lowest BCUT2D eigenvalue weighted by molar-refractivity contribution is 0.0390. The quantitative estimate of drug-likeness (QED) is 0.832. The zero-order valence-corrected chi connectivity index (χ0v) is 14.1. The Morgan fingerprint density at radius 3 is 2.33 bits per heavy atom. The Hall–Kier alpha value is -1.50. The molecule has 0 radical (unpaired) electrons. The summed E-state index contributed by atoms with van der Waals surface area (Å²) in [5.41, 5.74) is 0.356. The van der Waals surface area contributed by atoms with E-state index in [1.165, 1.54) is 18.6 Å². The Bertz CT molecular complexity index is 701. The fraction of sp³-hybridized carbons (Fsp3) is 0.588. The van der Waals surface area contributed by atoms with Crippen molar-refractivity contribution in [2.45, 2.75) is 55.2 Å². The van der Waals surface area contributed by atoms with E-state index in [0.717, 1.165) is 44.2 Å². The van der Waals surface area contributed by atoms with Gasteiger partial charge in [0.15, 0.2) is 0 Å². The van der Waals surface area contributed by atoms with Crippen LogP contribution in [0.5, 0.6) is 0 Å². The normalized spacial score (nSPS) is 24.7. The molecule has 2 atom stereocenters. The van der Waals surface area contributed by atoms with Crippen molar-refractivity contribution < 1.29 is 22.0 Å². The van der Waals surface area contributed by atoms with Crippen molar-refractivity contribution in [2.75, 3.05) is 6.54 Å². The lowest BCUT2D eigenvalue weighted by atomic mass is 9.78. The molecule has 1 aliphatic heterocycles. The maximum absolute atomic E-state index is 12.8. The number of hydrogen-bond donors (Lipinski definition) is 0. The molecule has 1 saturated carbocycles. The largest absolute Gasteiger partial charge is 0.341 e. The highest BCUT2D eigenvalue weighted by molar-refractivity contribution is 7.91. The highest BCUT2D eigenvalue weighted by Crippen LogP contribution is 2.36. The molecule has 132 valence electrons. The SMILES string of the molecule is O=C(c1ccc(S(=O)(=O)C(F)F)cc1)N1CCC[C@@H]2CCCC[C@H]21. The first-order valence-corrected chi connectivity index (χ1v) is 9.89. The summed E-state index contributed by atoms with van der Waals surface area (Å²) in [5.74, 6) is -3.04. The standard InChI is InChI=1S/C17H21F2NO3S/c18-17(19)24(22,23)14-9-7-13(8-10-14)16(21)20-11-3-5-12-4-1-2-6-15(12)20/h7-10,12,15,17H,1-6,11H2/t12-,15+/m0/s1. The molecule has 0 unspecified atom stereocenters. The number of nitrogens with zero attached hydrogens (tertiary/aromatic N) is 1. The number of sulfone groups is 1. The van der Waals surface area contributed by atoms with E-state index in [0.29, 0.717) is 18.0 Å². The second kappa shape index (κ2) is 6.78. The second-order valence-corrected chi connectivity index (χ2v) is 8.50. The molecule has 4 nitrogen and oxygen atoms in total. The number of amides is 1. The van der Waals surface area contributed by atoms with Gasteiger partial charge in [-0.2, -0.15) is 8.78 Å². The van der Waals surface area contributed by atoms with E-state index in [9.17, 15) is 22.0 Å². The van der Waals surface area contributed by atoms with Gasteiger partial charge in [-0.1, -0.05) is 12.8 Å². The smallest absolute Gasteiger partial charge is 0.335 e. The third-order valence-corrected chi connectivity index (χ3v) is 6.57. The van der Waals surface area contributed by atoms with Crippen LogP contribution in [0.3, 0.4) is 0 Å². The van der Waals surface area contributed by atoms with E-state index in [4.69, 9.17) is 0 Å². The minimum absolute atomic E-state index is 0.132. The van der Waals surface area contributed by atoms with Crippen LogP contribution < -0.4 is 0 Å². The van der Waals surface area contributed by atoms with Gasteiger partial charge in [0, 0.05) is 18.2 Å². The molecule has 1 amide bonds. The minimum Gasteiger partial charge on any atom is -0.335 e. The van der Waals surface area contributed by atoms with E-state index in [2.05, 4.69) is 0 Å². The number of piperidine rings is 1. The molecule has 0 bridgehead atoms. The van der Waals surface area contributed by atoms with Crippen LogP contribution in [0.4, 0.5) is 8.78 Å². The van der Waals surface area contributed by atoms with Crippen molar-refractivity contribution in [1.82, 2.24) is 4.90 Å². The van der Waals surface area contributed by atoms with Crippen LogP contribution in [0.25, 0.3) is 0 Å². The number of alkyl halides is 2. The predicted octanol–water partition coefficient (Wildman–Crippen LogP) is 3.48. The second-order valence-electron chi connectivity index (χ2n) is 6.58. The van der Waals surface area contributed by atoms with Gasteiger partial charge in [-0.25, -0.2) is 8.42 Å². The Kier molecular flexibility index (Phi) is 4.90. The van der Waals surface area contributed by atoms with Crippen molar-refractivity contribution in [3.05, 3.63) is 29.8 Å². The minimum atomic E-state index is -4.62. The number of halogens is 2. The molecule has 1 aliphatic carbocycles. The van der Waals surface area contributed by atoms with Crippen LogP contribution in [-0.2, 0) is 9.84 Å². The fourth-order valence-corrected chi connectivity index (χ4v) is 4.65. The first-order chi connectivity index (χ1) is 11.4. The number of benzene rings is 1. The third kappa shape index (κ3) is 3.18. The van der Waals surface area contributed by atoms with Crippen LogP contribution in [0.15, 0.2) is 29.2 Å². The Morgan fingerprint density at radius 1 is 1.04 bits per heavy atom. The van der Waals surface area contributed by atoms with Gasteiger partial charge < -0.3 is 4.90 Å². The van der Waals surface area contributed by atoms with Crippen LogP contribution in [0, 0.1) is 5.92 Å². The van der Waals surface area contributed by atoms with Gasteiger partial charge in [0.1, 0.15) is 0 Å². The van der Waals surface area contributed by atoms with Gasteiger partial charge in [0.2, 0.25) is 9.84 Å². The summed E-state index contributed by atoms with van der Waals surface area (Å²) >= 11 is 0. The number of hydrogen-bond acceptors (Lipinski definition) is 3. The van der Waals surface area contributed by atoms with E-state index in [1.54, 1.807) is 0 Å². The van der Waals surface area contributed by atoms with Crippen LogP contribution >= 0.6 is 0 Å². The molecule has 2 fully saturated rings. The lowest BCUT2D eigenvalue weighted by Crippen LogP contribution is -2.49. The molecule has 0 N–H and O–H groups in total. The Balaban J connectivity index is 1.80. The van der Waals surface area contributed by atoms with Gasteiger partial charge in [0.25, 0.3) is 5.91 Å². The van der Waals surface area contributed by atoms with Crippen molar-refractivity contribution >= 4 is 15.7 Å². The maximum Gasteiger partial charge on any atom is 0.341 e. The molecule has 2 aliphatic rings. The van der Waals surface area contributed by atoms with Gasteiger partial charge >= 0.3 is 5.76 Å². The van der Waals surface area contributed by atoms with Gasteiger partial charge in [-0.05, 0) is 55.9 Å². The molecule has 7 heteroatoms. The summed E-state index contributed by atoms with van der Waals surface area (Å²) in [6, 6.07) is 5.12. The Labute approximate surface area is 140 Å². The number of rotatable bonds is 3. The third-order valence-electron chi connectivity index (χ3n) is 5.17. The molecular weight excluding hydrogens is 336 g/mol. The van der Waals surface area contributed by atoms with E-state index < -0.39 is 20.5 Å². The van der Waals surface area contributed by atoms with Gasteiger partial charge in [-0.3, -0.25) is 4.79 Å². The first-order valence-electron chi connectivity index (χ1n) is 8.34. The first kappa shape index (κ1) is 17.3. The summed E-state index contributed by atoms with van der Waals surface area (Å²) < 4.78 is 48.1. The number of carbonyl (C=O) groups is 1. The molecule has 1 aromatic rings. The zero-order chi connectivity index (χ0) is 17.3. The topological polar surface area (TPSA) is 54.5 Å². The predicted molar refractivity (Wildman–Crippen MR) is 85.6 cm³/mol. The molecular formula is C17H21F2NO3S. The summed E-state index contributed by atoms with van der Waals surface area (Å²) in [7, 11) is -4.62. The van der Waals surface area contributed by atoms with Crippen molar-refractivity contribution in [1.29, 1.82) is 0 Å². The van der Waals surface area contributed by atoms with Crippen LogP contribution in [-0.4, -0.2) is 37.6 Å². The fourth-order valence-electron chi connectivity index (χ4n) is 3.93. The summed E-state index contributed by atoms with van der Waals surface area (Å²) in [6.45, 7) is 0.705. The van der Waals surface area contributed by atoms with Gasteiger partial charge in [0.05, 0.1) is 4.90 Å². The molecule has 3 rings (SSSR count). The average Bonchev–Trinajstić information content (AvgIpc) is 2.60. The summed E-state index contributed by atoms with van der Waals surface area (Å²) in [6.07, 6.45) is 6.62.